The predicted octanol–water partition coefficient (Wildman–Crippen LogP) is 3.49. The Morgan fingerprint density at radius 1 is 1.27 bits per heavy atom. The average molecular weight is 301 g/mol. The van der Waals surface area contributed by atoms with Gasteiger partial charge >= 0.3 is 0 Å². The van der Waals surface area contributed by atoms with Crippen LogP contribution >= 0.6 is 0 Å². The van der Waals surface area contributed by atoms with Gasteiger partial charge in [-0.15, -0.1) is 0 Å². The molecule has 0 saturated heterocycles. The molecule has 1 heterocycles. The minimum atomic E-state index is 0.675. The standard InChI is InChI=1S/C18H27N3O/c1-16(2)8-13-22-18-7-4-3-6-17(18)14-19-9-5-11-21-12-10-20-15-21/h3-4,6-7,10,12,15-16,19H,5,8-9,11,13-14H2,1-2H3. The Balaban J connectivity index is 1.70. The molecule has 0 aliphatic heterocycles. The van der Waals surface area contributed by atoms with Crippen molar-refractivity contribution in [2.75, 3.05) is 13.2 Å². The molecule has 0 saturated carbocycles. The summed E-state index contributed by atoms with van der Waals surface area (Å²) < 4.78 is 8.01. The molecule has 0 unspecified atom stereocenters. The molecule has 0 aliphatic rings. The van der Waals surface area contributed by atoms with Gasteiger partial charge in [-0.05, 0) is 31.4 Å². The number of nitrogens with zero attached hydrogens (tertiary/aromatic N) is 2. The third-order valence-corrected chi connectivity index (χ3v) is 3.57. The number of nitrogens with one attached hydrogen (secondary N) is 1. The monoisotopic (exact) mass is 301 g/mol. The predicted molar refractivity (Wildman–Crippen MR) is 89.9 cm³/mol. The molecule has 0 bridgehead atoms. The second-order valence-electron chi connectivity index (χ2n) is 5.97. The molecule has 1 N–H and O–H groups in total. The van der Waals surface area contributed by atoms with Crippen molar-refractivity contribution in [1.29, 1.82) is 0 Å². The first-order valence-electron chi connectivity index (χ1n) is 8.13. The summed E-state index contributed by atoms with van der Waals surface area (Å²) in [5, 5.41) is 3.49. The minimum Gasteiger partial charge on any atom is -0.493 e. The van der Waals surface area contributed by atoms with E-state index in [1.165, 1.54) is 5.56 Å². The normalized spacial score (nSPS) is 11.0. The summed E-state index contributed by atoms with van der Waals surface area (Å²) in [7, 11) is 0. The number of para-hydroxylation sites is 1. The Kier molecular flexibility index (Phi) is 6.97. The van der Waals surface area contributed by atoms with Gasteiger partial charge in [-0.3, -0.25) is 0 Å². The molecule has 4 nitrogen and oxygen atoms in total. The number of benzene rings is 1. The highest BCUT2D eigenvalue weighted by atomic mass is 16.5. The lowest BCUT2D eigenvalue weighted by Gasteiger charge is -2.13. The van der Waals surface area contributed by atoms with Gasteiger partial charge < -0.3 is 14.6 Å². The number of hydrogen-bond acceptors (Lipinski definition) is 3. The fourth-order valence-electron chi connectivity index (χ4n) is 2.22. The van der Waals surface area contributed by atoms with E-state index in [1.54, 1.807) is 0 Å². The van der Waals surface area contributed by atoms with E-state index >= 15 is 0 Å². The van der Waals surface area contributed by atoms with Crippen LogP contribution in [0.1, 0.15) is 32.3 Å². The molecular formula is C18H27N3O. The van der Waals surface area contributed by atoms with Gasteiger partial charge in [0.2, 0.25) is 0 Å². The summed E-state index contributed by atoms with van der Waals surface area (Å²) in [4.78, 5) is 4.05. The summed E-state index contributed by atoms with van der Waals surface area (Å²) in [6, 6.07) is 8.29. The Labute approximate surface area is 133 Å². The number of aryl methyl sites for hydroxylation is 1. The first-order valence-corrected chi connectivity index (χ1v) is 8.13. The lowest BCUT2D eigenvalue weighted by Crippen LogP contribution is -2.17. The van der Waals surface area contributed by atoms with Crippen molar-refractivity contribution in [2.45, 2.75) is 39.8 Å². The van der Waals surface area contributed by atoms with Gasteiger partial charge in [0.1, 0.15) is 5.75 Å². The molecule has 0 aliphatic carbocycles. The third kappa shape index (κ3) is 5.90. The lowest BCUT2D eigenvalue weighted by atomic mass is 10.1. The highest BCUT2D eigenvalue weighted by Gasteiger charge is 2.03. The van der Waals surface area contributed by atoms with Crippen LogP contribution in [-0.4, -0.2) is 22.7 Å². The molecule has 0 radical (unpaired) electrons. The molecule has 0 spiro atoms. The van der Waals surface area contributed by atoms with E-state index in [1.807, 2.05) is 24.8 Å². The Hall–Kier alpha value is -1.81. The van der Waals surface area contributed by atoms with Crippen LogP contribution in [0.2, 0.25) is 0 Å². The number of hydrogen-bond donors (Lipinski definition) is 1. The lowest BCUT2D eigenvalue weighted by molar-refractivity contribution is 0.286. The molecule has 120 valence electrons. The number of rotatable bonds is 10. The fraction of sp³-hybridized carbons (Fsp3) is 0.500. The van der Waals surface area contributed by atoms with Crippen LogP contribution in [-0.2, 0) is 13.1 Å². The van der Waals surface area contributed by atoms with Crippen LogP contribution < -0.4 is 10.1 Å². The topological polar surface area (TPSA) is 39.1 Å². The molecule has 2 aromatic rings. The van der Waals surface area contributed by atoms with Crippen molar-refractivity contribution in [3.05, 3.63) is 48.5 Å². The largest absolute Gasteiger partial charge is 0.493 e. The van der Waals surface area contributed by atoms with Crippen molar-refractivity contribution >= 4 is 0 Å². The van der Waals surface area contributed by atoms with Gasteiger partial charge in [-0.1, -0.05) is 32.0 Å². The van der Waals surface area contributed by atoms with Crippen molar-refractivity contribution < 1.29 is 4.74 Å². The number of imidazole rings is 1. The first-order chi connectivity index (χ1) is 10.8. The highest BCUT2D eigenvalue weighted by molar-refractivity contribution is 5.33. The van der Waals surface area contributed by atoms with Crippen LogP contribution in [0.25, 0.3) is 0 Å². The van der Waals surface area contributed by atoms with E-state index in [0.717, 1.165) is 44.8 Å². The third-order valence-electron chi connectivity index (χ3n) is 3.57. The van der Waals surface area contributed by atoms with E-state index < -0.39 is 0 Å². The fourth-order valence-corrected chi connectivity index (χ4v) is 2.22. The van der Waals surface area contributed by atoms with Crippen molar-refractivity contribution in [2.24, 2.45) is 5.92 Å². The molecule has 0 fully saturated rings. The molecule has 22 heavy (non-hydrogen) atoms. The van der Waals surface area contributed by atoms with Gasteiger partial charge in [0.15, 0.2) is 0 Å². The molecule has 1 aromatic heterocycles. The smallest absolute Gasteiger partial charge is 0.123 e. The minimum absolute atomic E-state index is 0.675. The second kappa shape index (κ2) is 9.26. The maximum atomic E-state index is 5.91. The SMILES string of the molecule is CC(C)CCOc1ccccc1CNCCCn1ccnc1. The molecule has 4 heteroatoms. The molecule has 0 atom stereocenters. The Morgan fingerprint density at radius 2 is 2.14 bits per heavy atom. The van der Waals surface area contributed by atoms with Crippen LogP contribution in [0.5, 0.6) is 5.75 Å². The molecule has 1 aromatic carbocycles. The van der Waals surface area contributed by atoms with Gasteiger partial charge in [0, 0.05) is 31.0 Å². The first kappa shape index (κ1) is 16.6. The van der Waals surface area contributed by atoms with E-state index in [2.05, 4.69) is 46.9 Å². The Morgan fingerprint density at radius 3 is 2.91 bits per heavy atom. The maximum absolute atomic E-state index is 5.91. The van der Waals surface area contributed by atoms with Crippen molar-refractivity contribution in [3.8, 4) is 5.75 Å². The Bertz CT molecular complexity index is 523. The zero-order valence-electron chi connectivity index (χ0n) is 13.7. The average Bonchev–Trinajstić information content (AvgIpc) is 3.01. The maximum Gasteiger partial charge on any atom is 0.123 e. The van der Waals surface area contributed by atoms with Gasteiger partial charge in [0.05, 0.1) is 12.9 Å². The van der Waals surface area contributed by atoms with E-state index in [0.29, 0.717) is 5.92 Å². The highest BCUT2D eigenvalue weighted by Crippen LogP contribution is 2.18. The molecule has 2 rings (SSSR count). The second-order valence-corrected chi connectivity index (χ2v) is 5.97. The summed E-state index contributed by atoms with van der Waals surface area (Å²) in [6.07, 6.45) is 7.85. The van der Waals surface area contributed by atoms with Crippen molar-refractivity contribution in [3.63, 3.8) is 0 Å². The van der Waals surface area contributed by atoms with Crippen LogP contribution in [0.15, 0.2) is 43.0 Å². The zero-order valence-corrected chi connectivity index (χ0v) is 13.7. The van der Waals surface area contributed by atoms with Gasteiger partial charge in [-0.2, -0.15) is 0 Å². The van der Waals surface area contributed by atoms with Gasteiger partial charge in [-0.25, -0.2) is 4.98 Å². The summed E-state index contributed by atoms with van der Waals surface area (Å²) in [6.45, 7) is 8.06. The van der Waals surface area contributed by atoms with E-state index in [-0.39, 0.29) is 0 Å². The van der Waals surface area contributed by atoms with Crippen LogP contribution in [0.4, 0.5) is 0 Å². The molecule has 0 amide bonds. The van der Waals surface area contributed by atoms with Gasteiger partial charge in [0.25, 0.3) is 0 Å². The van der Waals surface area contributed by atoms with E-state index in [4.69, 9.17) is 4.74 Å². The van der Waals surface area contributed by atoms with Crippen LogP contribution in [0.3, 0.4) is 0 Å². The quantitative estimate of drug-likeness (QED) is 0.683. The van der Waals surface area contributed by atoms with E-state index in [9.17, 15) is 0 Å². The summed E-state index contributed by atoms with van der Waals surface area (Å²) in [5.74, 6) is 1.68. The zero-order chi connectivity index (χ0) is 15.6. The van der Waals surface area contributed by atoms with Crippen LogP contribution in [0, 0.1) is 5.92 Å². The number of ether oxygens (including phenoxy) is 1. The molecular weight excluding hydrogens is 274 g/mol. The summed E-state index contributed by atoms with van der Waals surface area (Å²) >= 11 is 0. The summed E-state index contributed by atoms with van der Waals surface area (Å²) in [5.41, 5.74) is 1.23. The number of aromatic nitrogens is 2. The van der Waals surface area contributed by atoms with Crippen molar-refractivity contribution in [1.82, 2.24) is 14.9 Å².